The van der Waals surface area contributed by atoms with Crippen LogP contribution in [-0.2, 0) is 12.4 Å². The van der Waals surface area contributed by atoms with Crippen LogP contribution in [0.5, 0.6) is 0 Å². The molecule has 162 valence electrons. The van der Waals surface area contributed by atoms with E-state index in [9.17, 15) is 26.3 Å². The fraction of sp³-hybridized carbons (Fsp3) is 0.0833. The van der Waals surface area contributed by atoms with Gasteiger partial charge in [0.15, 0.2) is 5.82 Å². The van der Waals surface area contributed by atoms with Crippen molar-refractivity contribution in [3.05, 3.63) is 96.2 Å². The summed E-state index contributed by atoms with van der Waals surface area (Å²) in [5.74, 6) is -0.174. The molecule has 0 bridgehead atoms. The van der Waals surface area contributed by atoms with Crippen LogP contribution in [0.15, 0.2) is 84.9 Å². The number of hydrogen-bond acceptors (Lipinski definition) is 2. The lowest BCUT2D eigenvalue weighted by atomic mass is 10.0. The molecule has 0 saturated heterocycles. The summed E-state index contributed by atoms with van der Waals surface area (Å²) in [5, 5.41) is 0. The van der Waals surface area contributed by atoms with Gasteiger partial charge in [0.1, 0.15) is 5.69 Å². The third kappa shape index (κ3) is 4.64. The van der Waals surface area contributed by atoms with E-state index in [1.54, 1.807) is 18.2 Å². The first kappa shape index (κ1) is 21.5. The summed E-state index contributed by atoms with van der Waals surface area (Å²) in [6.07, 6.45) is -9.31. The van der Waals surface area contributed by atoms with Gasteiger partial charge < -0.3 is 0 Å². The molecule has 0 N–H and O–H groups in total. The van der Waals surface area contributed by atoms with Crippen LogP contribution in [0.2, 0.25) is 0 Å². The van der Waals surface area contributed by atoms with E-state index in [4.69, 9.17) is 0 Å². The highest BCUT2D eigenvalue weighted by atomic mass is 19.4. The first-order chi connectivity index (χ1) is 15.1. The van der Waals surface area contributed by atoms with Gasteiger partial charge in [-0.3, -0.25) is 0 Å². The van der Waals surface area contributed by atoms with Crippen LogP contribution in [0.4, 0.5) is 26.3 Å². The molecule has 1 heterocycles. The van der Waals surface area contributed by atoms with Gasteiger partial charge in [0.05, 0.1) is 11.3 Å². The number of halogens is 6. The lowest BCUT2D eigenvalue weighted by molar-refractivity contribution is -0.141. The number of nitrogens with zero attached hydrogens (tertiary/aromatic N) is 2. The third-order valence-corrected chi connectivity index (χ3v) is 4.75. The molecular weight excluding hydrogens is 430 g/mol. The minimum atomic E-state index is -4.75. The van der Waals surface area contributed by atoms with Crippen LogP contribution in [0, 0.1) is 0 Å². The van der Waals surface area contributed by atoms with Crippen LogP contribution in [-0.4, -0.2) is 9.97 Å². The Hall–Kier alpha value is -3.68. The Morgan fingerprint density at radius 3 is 1.75 bits per heavy atom. The Kier molecular flexibility index (Phi) is 5.46. The van der Waals surface area contributed by atoms with Crippen molar-refractivity contribution >= 4 is 0 Å². The molecule has 0 amide bonds. The number of alkyl halides is 6. The number of hydrogen-bond donors (Lipinski definition) is 0. The van der Waals surface area contributed by atoms with E-state index in [1.807, 2.05) is 36.4 Å². The molecule has 0 fully saturated rings. The largest absolute Gasteiger partial charge is 0.433 e. The highest BCUT2D eigenvalue weighted by Crippen LogP contribution is 2.34. The second-order valence-electron chi connectivity index (χ2n) is 6.98. The maximum Gasteiger partial charge on any atom is 0.433 e. The van der Waals surface area contributed by atoms with Crippen LogP contribution in [0.25, 0.3) is 33.8 Å². The predicted molar refractivity (Wildman–Crippen MR) is 108 cm³/mol. The van der Waals surface area contributed by atoms with Gasteiger partial charge in [0, 0.05) is 11.1 Å². The molecule has 0 aliphatic carbocycles. The smallest absolute Gasteiger partial charge is 0.228 e. The minimum Gasteiger partial charge on any atom is -0.228 e. The van der Waals surface area contributed by atoms with E-state index in [1.165, 1.54) is 0 Å². The molecule has 0 saturated carbocycles. The first-order valence-corrected chi connectivity index (χ1v) is 9.41. The summed E-state index contributed by atoms with van der Waals surface area (Å²) >= 11 is 0. The maximum atomic E-state index is 13.5. The molecule has 0 aliphatic heterocycles. The second kappa shape index (κ2) is 8.11. The van der Waals surface area contributed by atoms with Gasteiger partial charge in [-0.1, -0.05) is 60.7 Å². The maximum absolute atomic E-state index is 13.5. The Balaban J connectivity index is 1.82. The molecule has 4 rings (SSSR count). The van der Waals surface area contributed by atoms with E-state index in [0.29, 0.717) is 5.56 Å². The molecule has 0 aliphatic rings. The molecule has 0 radical (unpaired) electrons. The zero-order chi connectivity index (χ0) is 22.9. The number of aromatic nitrogens is 2. The molecule has 1 aromatic heterocycles. The quantitative estimate of drug-likeness (QED) is 0.306. The van der Waals surface area contributed by atoms with Crippen LogP contribution >= 0.6 is 0 Å². The van der Waals surface area contributed by atoms with E-state index < -0.39 is 23.6 Å². The first-order valence-electron chi connectivity index (χ1n) is 9.41. The van der Waals surface area contributed by atoms with Crippen LogP contribution < -0.4 is 0 Å². The van der Waals surface area contributed by atoms with Gasteiger partial charge in [-0.25, -0.2) is 9.97 Å². The lowest BCUT2D eigenvalue weighted by Crippen LogP contribution is -2.10. The van der Waals surface area contributed by atoms with Gasteiger partial charge in [0.25, 0.3) is 0 Å². The van der Waals surface area contributed by atoms with Crippen molar-refractivity contribution in [1.82, 2.24) is 9.97 Å². The summed E-state index contributed by atoms with van der Waals surface area (Å²) in [5.41, 5.74) is -0.104. The van der Waals surface area contributed by atoms with Gasteiger partial charge in [0.2, 0.25) is 0 Å². The fourth-order valence-electron chi connectivity index (χ4n) is 3.17. The lowest BCUT2D eigenvalue weighted by Gasteiger charge is -2.12. The third-order valence-electron chi connectivity index (χ3n) is 4.75. The Morgan fingerprint density at radius 1 is 0.500 bits per heavy atom. The second-order valence-corrected chi connectivity index (χ2v) is 6.98. The van der Waals surface area contributed by atoms with E-state index in [-0.39, 0.29) is 17.1 Å². The number of benzene rings is 3. The van der Waals surface area contributed by atoms with Gasteiger partial charge >= 0.3 is 12.4 Å². The van der Waals surface area contributed by atoms with Crippen molar-refractivity contribution in [3.63, 3.8) is 0 Å². The van der Waals surface area contributed by atoms with E-state index in [0.717, 1.165) is 41.5 Å². The molecule has 8 heteroatoms. The minimum absolute atomic E-state index is 0.117. The molecule has 4 aromatic rings. The highest BCUT2D eigenvalue weighted by Gasteiger charge is 2.34. The SMILES string of the molecule is FC(F)(F)c1ccc(-c2cc(C(F)(F)F)nc(-c3cccc(-c4ccccc4)c3)n2)cc1. The van der Waals surface area contributed by atoms with Crippen molar-refractivity contribution in [3.8, 4) is 33.8 Å². The fourth-order valence-corrected chi connectivity index (χ4v) is 3.17. The van der Waals surface area contributed by atoms with Crippen molar-refractivity contribution in [2.45, 2.75) is 12.4 Å². The highest BCUT2D eigenvalue weighted by molar-refractivity contribution is 5.71. The molecule has 2 nitrogen and oxygen atoms in total. The van der Waals surface area contributed by atoms with Crippen LogP contribution in [0.1, 0.15) is 11.3 Å². The molecular formula is C24H14F6N2. The average Bonchev–Trinajstić information content (AvgIpc) is 2.78. The van der Waals surface area contributed by atoms with Gasteiger partial charge in [-0.05, 0) is 35.4 Å². The standard InChI is InChI=1S/C24H14F6N2/c25-23(26,27)19-11-9-16(10-12-19)20-14-21(24(28,29)30)32-22(31-20)18-8-4-7-17(13-18)15-5-2-1-3-6-15/h1-14H. The monoisotopic (exact) mass is 444 g/mol. The predicted octanol–water partition coefficient (Wildman–Crippen LogP) is 7.52. The number of rotatable bonds is 3. The van der Waals surface area contributed by atoms with Crippen LogP contribution in [0.3, 0.4) is 0 Å². The van der Waals surface area contributed by atoms with E-state index in [2.05, 4.69) is 9.97 Å². The normalized spacial score (nSPS) is 12.1. The average molecular weight is 444 g/mol. The van der Waals surface area contributed by atoms with Crippen molar-refractivity contribution in [2.24, 2.45) is 0 Å². The summed E-state index contributed by atoms with van der Waals surface area (Å²) in [6.45, 7) is 0. The zero-order valence-electron chi connectivity index (χ0n) is 16.2. The van der Waals surface area contributed by atoms with E-state index >= 15 is 0 Å². The molecule has 32 heavy (non-hydrogen) atoms. The van der Waals surface area contributed by atoms with Crippen molar-refractivity contribution < 1.29 is 26.3 Å². The summed E-state index contributed by atoms with van der Waals surface area (Å²) < 4.78 is 79.0. The zero-order valence-corrected chi connectivity index (χ0v) is 16.2. The molecule has 3 aromatic carbocycles. The molecule has 0 atom stereocenters. The Labute approximate surface area is 179 Å². The van der Waals surface area contributed by atoms with Gasteiger partial charge in [-0.15, -0.1) is 0 Å². The molecule has 0 spiro atoms. The summed E-state index contributed by atoms with van der Waals surface area (Å²) in [7, 11) is 0. The Bertz CT molecular complexity index is 1230. The van der Waals surface area contributed by atoms with Crippen molar-refractivity contribution in [2.75, 3.05) is 0 Å². The summed E-state index contributed by atoms with van der Waals surface area (Å²) in [4.78, 5) is 7.90. The summed E-state index contributed by atoms with van der Waals surface area (Å²) in [6, 6.07) is 20.5. The van der Waals surface area contributed by atoms with Gasteiger partial charge in [-0.2, -0.15) is 26.3 Å². The van der Waals surface area contributed by atoms with Crippen molar-refractivity contribution in [1.29, 1.82) is 0 Å². The molecule has 0 unspecified atom stereocenters. The topological polar surface area (TPSA) is 25.8 Å². The Morgan fingerprint density at radius 2 is 1.12 bits per heavy atom.